The minimum Gasteiger partial charge on any atom is -0.441 e. The number of aryl methyl sites for hydroxylation is 1. The second-order valence-corrected chi connectivity index (χ2v) is 3.97. The van der Waals surface area contributed by atoms with Crippen LogP contribution in [0, 0.1) is 6.92 Å². The number of anilines is 1. The molecule has 2 aromatic heterocycles. The highest BCUT2D eigenvalue weighted by molar-refractivity contribution is 5.79. The maximum atomic E-state index is 5.44. The monoisotopic (exact) mass is 240 g/mol. The zero-order valence-corrected chi connectivity index (χ0v) is 10.1. The van der Waals surface area contributed by atoms with E-state index in [0.29, 0.717) is 5.89 Å². The van der Waals surface area contributed by atoms with E-state index < -0.39 is 0 Å². The Morgan fingerprint density at radius 2 is 2.00 bits per heavy atom. The van der Waals surface area contributed by atoms with Gasteiger partial charge in [0.15, 0.2) is 11.5 Å². The molecule has 1 aromatic carbocycles. The van der Waals surface area contributed by atoms with Gasteiger partial charge in [-0.1, -0.05) is 0 Å². The summed E-state index contributed by atoms with van der Waals surface area (Å²) in [5, 5.41) is 11.2. The van der Waals surface area contributed by atoms with Crippen molar-refractivity contribution in [2.24, 2.45) is 0 Å². The number of hydrogen-bond acceptors (Lipinski definition) is 5. The predicted molar refractivity (Wildman–Crippen MR) is 69.3 cm³/mol. The fraction of sp³-hybridized carbons (Fsp3) is 0.154. The second kappa shape index (κ2) is 4.10. The Morgan fingerprint density at radius 3 is 2.72 bits per heavy atom. The van der Waals surface area contributed by atoms with Crippen LogP contribution in [-0.2, 0) is 0 Å². The number of oxazole rings is 1. The van der Waals surface area contributed by atoms with Crippen molar-refractivity contribution in [2.75, 3.05) is 12.4 Å². The molecule has 90 valence electrons. The molecule has 0 bridgehead atoms. The third-order valence-electron chi connectivity index (χ3n) is 2.71. The van der Waals surface area contributed by atoms with Crippen molar-refractivity contribution < 1.29 is 4.42 Å². The first-order valence-electron chi connectivity index (χ1n) is 5.65. The third-order valence-corrected chi connectivity index (χ3v) is 2.71. The van der Waals surface area contributed by atoms with Crippen LogP contribution in [0.1, 0.15) is 5.89 Å². The molecule has 5 heteroatoms. The Bertz CT molecular complexity index is 688. The molecule has 18 heavy (non-hydrogen) atoms. The van der Waals surface area contributed by atoms with E-state index in [1.165, 1.54) is 0 Å². The van der Waals surface area contributed by atoms with Crippen LogP contribution in [0.5, 0.6) is 0 Å². The van der Waals surface area contributed by atoms with Crippen molar-refractivity contribution in [1.29, 1.82) is 0 Å². The fourth-order valence-electron chi connectivity index (χ4n) is 1.82. The first kappa shape index (κ1) is 10.7. The maximum absolute atomic E-state index is 5.44. The van der Waals surface area contributed by atoms with Crippen LogP contribution >= 0.6 is 0 Å². The van der Waals surface area contributed by atoms with Crippen molar-refractivity contribution in [1.82, 2.24) is 15.2 Å². The molecule has 0 aliphatic carbocycles. The van der Waals surface area contributed by atoms with Gasteiger partial charge >= 0.3 is 0 Å². The van der Waals surface area contributed by atoms with Crippen LogP contribution in [0.25, 0.3) is 22.4 Å². The maximum Gasteiger partial charge on any atom is 0.192 e. The summed E-state index contributed by atoms with van der Waals surface area (Å²) < 4.78 is 5.44. The van der Waals surface area contributed by atoms with E-state index in [2.05, 4.69) is 20.5 Å². The van der Waals surface area contributed by atoms with E-state index in [4.69, 9.17) is 4.42 Å². The van der Waals surface area contributed by atoms with Gasteiger partial charge in [0.1, 0.15) is 11.3 Å². The summed E-state index contributed by atoms with van der Waals surface area (Å²) in [6.45, 7) is 1.83. The van der Waals surface area contributed by atoms with Gasteiger partial charge in [0.25, 0.3) is 0 Å². The Labute approximate surface area is 104 Å². The summed E-state index contributed by atoms with van der Waals surface area (Å²) in [6, 6.07) is 9.62. The van der Waals surface area contributed by atoms with Gasteiger partial charge in [-0.3, -0.25) is 0 Å². The topological polar surface area (TPSA) is 63.8 Å². The van der Waals surface area contributed by atoms with Gasteiger partial charge in [-0.2, -0.15) is 0 Å². The van der Waals surface area contributed by atoms with Crippen molar-refractivity contribution in [3.05, 3.63) is 36.2 Å². The highest BCUT2D eigenvalue weighted by Gasteiger charge is 2.06. The van der Waals surface area contributed by atoms with Crippen molar-refractivity contribution >= 4 is 16.9 Å². The van der Waals surface area contributed by atoms with Gasteiger partial charge in [0, 0.05) is 19.5 Å². The molecular weight excluding hydrogens is 228 g/mol. The summed E-state index contributed by atoms with van der Waals surface area (Å²) >= 11 is 0. The molecule has 3 aromatic rings. The molecule has 0 saturated heterocycles. The Kier molecular flexibility index (Phi) is 2.44. The lowest BCUT2D eigenvalue weighted by atomic mass is 10.1. The summed E-state index contributed by atoms with van der Waals surface area (Å²) in [5.74, 6) is 1.41. The lowest BCUT2D eigenvalue weighted by Crippen LogP contribution is -1.95. The molecule has 1 N–H and O–H groups in total. The number of hydrogen-bond donors (Lipinski definition) is 1. The zero-order valence-electron chi connectivity index (χ0n) is 10.1. The highest BCUT2D eigenvalue weighted by atomic mass is 16.3. The van der Waals surface area contributed by atoms with Crippen LogP contribution in [0.3, 0.4) is 0 Å². The number of nitrogens with one attached hydrogen (secondary N) is 1. The molecule has 2 heterocycles. The highest BCUT2D eigenvalue weighted by Crippen LogP contribution is 2.23. The third kappa shape index (κ3) is 1.79. The molecule has 0 spiro atoms. The van der Waals surface area contributed by atoms with Gasteiger partial charge in [-0.25, -0.2) is 4.98 Å². The molecule has 0 radical (unpaired) electrons. The van der Waals surface area contributed by atoms with Crippen molar-refractivity contribution in [3.63, 3.8) is 0 Å². The minimum atomic E-state index is 0.666. The van der Waals surface area contributed by atoms with Crippen molar-refractivity contribution in [3.8, 4) is 11.3 Å². The average Bonchev–Trinajstić information content (AvgIpc) is 2.78. The molecule has 0 fully saturated rings. The van der Waals surface area contributed by atoms with Crippen molar-refractivity contribution in [2.45, 2.75) is 6.92 Å². The largest absolute Gasteiger partial charge is 0.441 e. The van der Waals surface area contributed by atoms with E-state index >= 15 is 0 Å². The molecule has 0 saturated carbocycles. The average molecular weight is 240 g/mol. The van der Waals surface area contributed by atoms with Crippen LogP contribution in [0.2, 0.25) is 0 Å². The van der Waals surface area contributed by atoms with Gasteiger partial charge in [-0.15, -0.1) is 10.2 Å². The SMILES string of the molecule is CNc1ccc(-c2ccc3oc(C)nc3c2)nn1. The summed E-state index contributed by atoms with van der Waals surface area (Å²) in [7, 11) is 1.81. The van der Waals surface area contributed by atoms with Crippen LogP contribution in [-0.4, -0.2) is 22.2 Å². The second-order valence-electron chi connectivity index (χ2n) is 3.97. The van der Waals surface area contributed by atoms with Gasteiger partial charge in [-0.05, 0) is 30.3 Å². The number of aromatic nitrogens is 3. The zero-order chi connectivity index (χ0) is 12.5. The summed E-state index contributed by atoms with van der Waals surface area (Å²) in [5.41, 5.74) is 3.42. The Balaban J connectivity index is 2.06. The van der Waals surface area contributed by atoms with Crippen LogP contribution < -0.4 is 5.32 Å². The molecule has 0 aliphatic heterocycles. The number of nitrogens with zero attached hydrogens (tertiary/aromatic N) is 3. The summed E-state index contributed by atoms with van der Waals surface area (Å²) in [6.07, 6.45) is 0. The normalized spacial score (nSPS) is 10.8. The number of rotatable bonds is 2. The van der Waals surface area contributed by atoms with E-state index in [-0.39, 0.29) is 0 Å². The van der Waals surface area contributed by atoms with Crippen LogP contribution in [0.4, 0.5) is 5.82 Å². The quantitative estimate of drug-likeness (QED) is 0.746. The van der Waals surface area contributed by atoms with E-state index in [1.54, 1.807) is 0 Å². The Hall–Kier alpha value is -2.43. The smallest absolute Gasteiger partial charge is 0.192 e. The predicted octanol–water partition coefficient (Wildman–Crippen LogP) is 2.63. The first-order chi connectivity index (χ1) is 8.76. The lowest BCUT2D eigenvalue weighted by Gasteiger charge is -2.01. The van der Waals surface area contributed by atoms with E-state index in [0.717, 1.165) is 28.2 Å². The number of fused-ring (bicyclic) bond motifs is 1. The van der Waals surface area contributed by atoms with Crippen LogP contribution in [0.15, 0.2) is 34.7 Å². The lowest BCUT2D eigenvalue weighted by molar-refractivity contribution is 0.561. The van der Waals surface area contributed by atoms with Gasteiger partial charge < -0.3 is 9.73 Å². The standard InChI is InChI=1S/C13H12N4O/c1-8-15-11-7-9(3-5-12(11)18-8)10-4-6-13(14-2)17-16-10/h3-7H,1-2H3,(H,14,17). The van der Waals surface area contributed by atoms with E-state index in [9.17, 15) is 0 Å². The molecule has 5 nitrogen and oxygen atoms in total. The van der Waals surface area contributed by atoms with E-state index in [1.807, 2.05) is 44.3 Å². The molecule has 0 aliphatic rings. The minimum absolute atomic E-state index is 0.666. The summed E-state index contributed by atoms with van der Waals surface area (Å²) in [4.78, 5) is 4.31. The van der Waals surface area contributed by atoms with Gasteiger partial charge in [0.05, 0.1) is 5.69 Å². The molecule has 0 atom stereocenters. The molecule has 0 unspecified atom stereocenters. The molecular formula is C13H12N4O. The first-order valence-corrected chi connectivity index (χ1v) is 5.65. The number of benzene rings is 1. The van der Waals surface area contributed by atoms with Gasteiger partial charge in [0.2, 0.25) is 0 Å². The molecule has 3 rings (SSSR count). The Morgan fingerprint density at radius 1 is 1.11 bits per heavy atom. The molecule has 0 amide bonds. The fourth-order valence-corrected chi connectivity index (χ4v) is 1.82.